The number of likely N-dealkylation sites (N-methyl/N-ethyl adjacent to an activating group) is 1. The molecule has 0 spiro atoms. The van der Waals surface area contributed by atoms with Crippen LogP contribution < -0.4 is 15.5 Å². The van der Waals surface area contributed by atoms with Gasteiger partial charge < -0.3 is 4.90 Å². The van der Waals surface area contributed by atoms with Crippen LogP contribution in [0, 0.1) is 0 Å². The van der Waals surface area contributed by atoms with Crippen molar-refractivity contribution in [2.75, 3.05) is 11.4 Å². The molecule has 0 bridgehead atoms. The van der Waals surface area contributed by atoms with Crippen LogP contribution in [-0.4, -0.2) is 29.9 Å². The second-order valence-corrected chi connectivity index (χ2v) is 6.80. The van der Waals surface area contributed by atoms with Gasteiger partial charge in [0, 0.05) is 17.8 Å². The van der Waals surface area contributed by atoms with E-state index in [4.69, 9.17) is 0 Å². The fourth-order valence-electron chi connectivity index (χ4n) is 3.54. The minimum atomic E-state index is -0.794. The summed E-state index contributed by atoms with van der Waals surface area (Å²) in [6.07, 6.45) is 3.72. The van der Waals surface area contributed by atoms with E-state index in [0.717, 1.165) is 28.9 Å². The van der Waals surface area contributed by atoms with Gasteiger partial charge >= 0.3 is 6.03 Å². The van der Waals surface area contributed by atoms with Crippen LogP contribution in [0.3, 0.4) is 0 Å². The Labute approximate surface area is 146 Å². The Hall–Kier alpha value is -2.89. The molecular formula is C19H21N3O3. The molecule has 4 amide bonds. The van der Waals surface area contributed by atoms with E-state index in [9.17, 15) is 14.4 Å². The van der Waals surface area contributed by atoms with Crippen LogP contribution in [0.2, 0.25) is 0 Å². The number of amides is 4. The first kappa shape index (κ1) is 17.0. The van der Waals surface area contributed by atoms with Crippen LogP contribution in [0.1, 0.15) is 38.8 Å². The summed E-state index contributed by atoms with van der Waals surface area (Å²) in [5.41, 5.74) is 3.93. The number of allylic oxidation sites excluding steroid dienone is 1. The first-order valence-corrected chi connectivity index (χ1v) is 8.23. The average Bonchev–Trinajstić information content (AvgIpc) is 2.50. The molecule has 2 aliphatic heterocycles. The highest BCUT2D eigenvalue weighted by atomic mass is 16.2. The number of hydrogen-bond donors (Lipinski definition) is 2. The summed E-state index contributed by atoms with van der Waals surface area (Å²) in [4.78, 5) is 37.2. The van der Waals surface area contributed by atoms with Crippen LogP contribution in [0.5, 0.6) is 0 Å². The van der Waals surface area contributed by atoms with Gasteiger partial charge in [-0.15, -0.1) is 0 Å². The maximum Gasteiger partial charge on any atom is 0.328 e. The van der Waals surface area contributed by atoms with Gasteiger partial charge in [-0.25, -0.2) is 4.79 Å². The van der Waals surface area contributed by atoms with E-state index in [0.29, 0.717) is 0 Å². The Balaban J connectivity index is 2.04. The molecule has 130 valence electrons. The third kappa shape index (κ3) is 2.95. The molecular weight excluding hydrogens is 318 g/mol. The van der Waals surface area contributed by atoms with Gasteiger partial charge in [-0.1, -0.05) is 12.1 Å². The van der Waals surface area contributed by atoms with Gasteiger partial charge in [-0.05, 0) is 57.0 Å². The number of nitrogens with zero attached hydrogens (tertiary/aromatic N) is 1. The molecule has 0 atom stereocenters. The summed E-state index contributed by atoms with van der Waals surface area (Å²) in [5.74, 6) is -1.37. The van der Waals surface area contributed by atoms with Crippen molar-refractivity contribution in [3.8, 4) is 0 Å². The lowest BCUT2D eigenvalue weighted by Crippen LogP contribution is -2.51. The fourth-order valence-corrected chi connectivity index (χ4v) is 3.54. The van der Waals surface area contributed by atoms with E-state index < -0.39 is 17.8 Å². The number of carbonyl (C=O) groups is 3. The van der Waals surface area contributed by atoms with Gasteiger partial charge in [0.15, 0.2) is 0 Å². The number of urea groups is 1. The molecule has 1 aromatic rings. The van der Waals surface area contributed by atoms with Crippen molar-refractivity contribution in [1.29, 1.82) is 0 Å². The monoisotopic (exact) mass is 339 g/mol. The molecule has 0 aromatic heterocycles. The highest BCUT2D eigenvalue weighted by Gasteiger charge is 2.31. The van der Waals surface area contributed by atoms with Crippen LogP contribution >= 0.6 is 0 Å². The number of carbonyl (C=O) groups excluding carboxylic acids is 3. The molecule has 1 fully saturated rings. The van der Waals surface area contributed by atoms with Gasteiger partial charge in [-0.3, -0.25) is 20.2 Å². The van der Waals surface area contributed by atoms with Gasteiger partial charge in [0.05, 0.1) is 5.54 Å². The molecule has 3 rings (SSSR count). The van der Waals surface area contributed by atoms with Crippen LogP contribution in [0.15, 0.2) is 29.8 Å². The first-order valence-electron chi connectivity index (χ1n) is 8.23. The largest absolute Gasteiger partial charge is 0.363 e. The molecule has 1 saturated heterocycles. The van der Waals surface area contributed by atoms with E-state index in [1.807, 2.05) is 18.2 Å². The van der Waals surface area contributed by atoms with E-state index in [1.165, 1.54) is 6.08 Å². The summed E-state index contributed by atoms with van der Waals surface area (Å²) in [7, 11) is 0. The zero-order valence-electron chi connectivity index (χ0n) is 14.8. The molecule has 0 unspecified atom stereocenters. The minimum absolute atomic E-state index is 0.0741. The van der Waals surface area contributed by atoms with Gasteiger partial charge in [0.1, 0.15) is 5.57 Å². The van der Waals surface area contributed by atoms with Gasteiger partial charge in [0.2, 0.25) is 0 Å². The van der Waals surface area contributed by atoms with Crippen molar-refractivity contribution in [3.63, 3.8) is 0 Å². The molecule has 0 saturated carbocycles. The van der Waals surface area contributed by atoms with Gasteiger partial charge in [0.25, 0.3) is 11.8 Å². The topological polar surface area (TPSA) is 78.5 Å². The Morgan fingerprint density at radius 3 is 2.36 bits per heavy atom. The van der Waals surface area contributed by atoms with Crippen molar-refractivity contribution >= 4 is 35.2 Å². The Morgan fingerprint density at radius 2 is 1.76 bits per heavy atom. The van der Waals surface area contributed by atoms with Crippen molar-refractivity contribution in [3.05, 3.63) is 41.0 Å². The second kappa shape index (κ2) is 5.88. The smallest absolute Gasteiger partial charge is 0.328 e. The summed E-state index contributed by atoms with van der Waals surface area (Å²) in [5, 5.41) is 4.16. The highest BCUT2D eigenvalue weighted by molar-refractivity contribution is 6.31. The molecule has 2 N–H and O–H groups in total. The Morgan fingerprint density at radius 1 is 1.12 bits per heavy atom. The third-order valence-electron chi connectivity index (χ3n) is 4.57. The molecule has 2 aliphatic rings. The van der Waals surface area contributed by atoms with Gasteiger partial charge in [-0.2, -0.15) is 0 Å². The SMILES string of the molecule is CCN1c2ccc(C=C3C(=O)NC(=O)NC3=O)cc2C(C)=CC1(C)C. The quantitative estimate of drug-likeness (QED) is 0.641. The maximum absolute atomic E-state index is 11.9. The number of nitrogens with one attached hydrogen (secondary N) is 2. The predicted octanol–water partition coefficient (Wildman–Crippen LogP) is 2.46. The number of hydrogen-bond acceptors (Lipinski definition) is 4. The van der Waals surface area contributed by atoms with Crippen LogP contribution in [0.4, 0.5) is 10.5 Å². The Kier molecular flexibility index (Phi) is 3.99. The minimum Gasteiger partial charge on any atom is -0.363 e. The predicted molar refractivity (Wildman–Crippen MR) is 96.9 cm³/mol. The van der Waals surface area contributed by atoms with Crippen molar-refractivity contribution in [2.24, 2.45) is 0 Å². The van der Waals surface area contributed by atoms with E-state index in [-0.39, 0.29) is 11.1 Å². The lowest BCUT2D eigenvalue weighted by atomic mass is 9.88. The summed E-state index contributed by atoms with van der Waals surface area (Å²) >= 11 is 0. The van der Waals surface area contributed by atoms with Crippen LogP contribution in [0.25, 0.3) is 11.6 Å². The summed E-state index contributed by atoms with van der Waals surface area (Å²) in [6, 6.07) is 5.05. The summed E-state index contributed by atoms with van der Waals surface area (Å²) < 4.78 is 0. The number of anilines is 1. The maximum atomic E-state index is 11.9. The molecule has 2 heterocycles. The van der Waals surface area contributed by atoms with Crippen molar-refractivity contribution in [1.82, 2.24) is 10.6 Å². The average molecular weight is 339 g/mol. The molecule has 0 radical (unpaired) electrons. The molecule has 6 heteroatoms. The second-order valence-electron chi connectivity index (χ2n) is 6.80. The molecule has 0 aliphatic carbocycles. The number of barbiturate groups is 1. The Bertz CT molecular complexity index is 827. The van der Waals surface area contributed by atoms with Crippen molar-refractivity contribution in [2.45, 2.75) is 33.2 Å². The highest BCUT2D eigenvalue weighted by Crippen LogP contribution is 2.39. The fraction of sp³-hybridized carbons (Fsp3) is 0.316. The molecule has 25 heavy (non-hydrogen) atoms. The number of rotatable bonds is 2. The standard InChI is InChI=1S/C19H21N3O3/c1-5-22-15-7-6-12(8-13(15)11(2)10-19(22,3)4)9-14-16(23)20-18(25)21-17(14)24/h6-10H,5H2,1-4H3,(H2,20,21,23,24,25). The number of imide groups is 2. The first-order chi connectivity index (χ1) is 11.7. The number of fused-ring (bicyclic) bond motifs is 1. The molecule has 6 nitrogen and oxygen atoms in total. The molecule has 1 aromatic carbocycles. The zero-order chi connectivity index (χ0) is 18.4. The summed E-state index contributed by atoms with van der Waals surface area (Å²) in [6.45, 7) is 9.39. The van der Waals surface area contributed by atoms with E-state index in [1.54, 1.807) is 0 Å². The van der Waals surface area contributed by atoms with Crippen molar-refractivity contribution < 1.29 is 14.4 Å². The number of benzene rings is 1. The van der Waals surface area contributed by atoms with Crippen LogP contribution in [-0.2, 0) is 9.59 Å². The normalized spacial score (nSPS) is 19.0. The lowest BCUT2D eigenvalue weighted by Gasteiger charge is -2.42. The lowest BCUT2D eigenvalue weighted by molar-refractivity contribution is -0.123. The zero-order valence-corrected chi connectivity index (χ0v) is 14.8. The third-order valence-corrected chi connectivity index (χ3v) is 4.57. The van der Waals surface area contributed by atoms with E-state index >= 15 is 0 Å². The van der Waals surface area contributed by atoms with E-state index in [2.05, 4.69) is 49.3 Å².